The molecule has 0 unspecified atom stereocenters. The minimum absolute atomic E-state index is 0.0133. The second-order valence-corrected chi connectivity index (χ2v) is 3.92. The Balaban J connectivity index is 2.71. The van der Waals surface area contributed by atoms with Crippen molar-refractivity contribution in [3.05, 3.63) is 33.6 Å². The third kappa shape index (κ3) is 4.69. The largest absolute Gasteiger partial charge is 0.396 e. The fourth-order valence-corrected chi connectivity index (χ4v) is 1.42. The normalized spacial score (nSPS) is 10.1. The first-order valence-corrected chi connectivity index (χ1v) is 5.70. The zero-order valence-corrected chi connectivity index (χ0v) is 10.8. The molecule has 2 amide bonds. The van der Waals surface area contributed by atoms with Crippen LogP contribution in [0.3, 0.4) is 0 Å². The Morgan fingerprint density at radius 1 is 1.43 bits per heavy atom. The second-order valence-electron chi connectivity index (χ2n) is 3.92. The highest BCUT2D eigenvalue weighted by Gasteiger charge is 2.22. The Hall–Kier alpha value is -2.75. The van der Waals surface area contributed by atoms with Crippen molar-refractivity contribution in [3.8, 4) is 0 Å². The van der Waals surface area contributed by atoms with Gasteiger partial charge in [0, 0.05) is 6.54 Å². The molecule has 0 heterocycles. The van der Waals surface area contributed by atoms with E-state index < -0.39 is 28.2 Å². The maximum absolute atomic E-state index is 13.2. The molecule has 10 heteroatoms. The van der Waals surface area contributed by atoms with Gasteiger partial charge in [-0.3, -0.25) is 19.7 Å². The number of anilines is 1. The first kappa shape index (κ1) is 16.3. The summed E-state index contributed by atoms with van der Waals surface area (Å²) in [6, 6.07) is 1.46. The number of hydrogen-bond acceptors (Lipinski definition) is 6. The number of primary amides is 1. The summed E-state index contributed by atoms with van der Waals surface area (Å²) in [5.74, 6) is -2.46. The Bertz CT molecular complexity index is 578. The molecular formula is C11H13FN4O5. The number of hydrogen-bond donors (Lipinski definition) is 3. The van der Waals surface area contributed by atoms with Gasteiger partial charge in [-0.05, 0) is 6.07 Å². The first-order valence-electron chi connectivity index (χ1n) is 5.70. The molecule has 0 fully saturated rings. The highest BCUT2D eigenvalue weighted by molar-refractivity contribution is 5.99. The summed E-state index contributed by atoms with van der Waals surface area (Å²) < 4.78 is 18.0. The van der Waals surface area contributed by atoms with Crippen LogP contribution in [0.15, 0.2) is 12.1 Å². The summed E-state index contributed by atoms with van der Waals surface area (Å²) in [4.78, 5) is 32.1. The topological polar surface area (TPSA) is 151 Å². The summed E-state index contributed by atoms with van der Waals surface area (Å²) in [6.07, 6.45) is 0. The Morgan fingerprint density at radius 2 is 2.10 bits per heavy atom. The highest BCUT2D eigenvalue weighted by atomic mass is 19.1. The van der Waals surface area contributed by atoms with E-state index in [0.717, 1.165) is 6.07 Å². The molecule has 0 saturated carbocycles. The van der Waals surface area contributed by atoms with Crippen LogP contribution in [0.25, 0.3) is 0 Å². The highest BCUT2D eigenvalue weighted by Crippen LogP contribution is 2.24. The predicted octanol–water partition coefficient (Wildman–Crippen LogP) is -0.452. The van der Waals surface area contributed by atoms with E-state index >= 15 is 0 Å². The molecule has 114 valence electrons. The van der Waals surface area contributed by atoms with Crippen molar-refractivity contribution in [1.82, 2.24) is 5.32 Å². The fourth-order valence-electron chi connectivity index (χ4n) is 1.42. The van der Waals surface area contributed by atoms with Gasteiger partial charge in [-0.15, -0.1) is 0 Å². The van der Waals surface area contributed by atoms with Crippen molar-refractivity contribution in [2.45, 2.75) is 0 Å². The predicted molar refractivity (Wildman–Crippen MR) is 69.8 cm³/mol. The summed E-state index contributed by atoms with van der Waals surface area (Å²) in [5.41, 5.74) is 8.67. The van der Waals surface area contributed by atoms with Crippen molar-refractivity contribution in [2.75, 3.05) is 25.5 Å². The number of benzene rings is 1. The first-order chi connectivity index (χ1) is 9.82. The molecule has 0 aliphatic carbocycles. The number of nitrogens with one attached hydrogen (secondary N) is 1. The molecule has 0 aliphatic heterocycles. The van der Waals surface area contributed by atoms with Crippen molar-refractivity contribution < 1.29 is 23.6 Å². The molecule has 0 aliphatic rings. The number of carbonyl (C=O) groups is 2. The van der Waals surface area contributed by atoms with Crippen molar-refractivity contribution in [3.63, 3.8) is 0 Å². The van der Waals surface area contributed by atoms with E-state index in [-0.39, 0.29) is 31.0 Å². The number of ether oxygens (including phenoxy) is 1. The van der Waals surface area contributed by atoms with Gasteiger partial charge in [0.25, 0.3) is 11.6 Å². The molecule has 0 bridgehead atoms. The van der Waals surface area contributed by atoms with Gasteiger partial charge in [0.1, 0.15) is 12.2 Å². The molecule has 1 aromatic carbocycles. The van der Waals surface area contributed by atoms with Gasteiger partial charge in [0.05, 0.1) is 23.3 Å². The maximum Gasteiger partial charge on any atom is 0.285 e. The van der Waals surface area contributed by atoms with E-state index in [1.165, 1.54) is 0 Å². The van der Waals surface area contributed by atoms with E-state index in [9.17, 15) is 24.1 Å². The minimum Gasteiger partial charge on any atom is -0.396 e. The minimum atomic E-state index is -0.983. The second kappa shape index (κ2) is 7.14. The van der Waals surface area contributed by atoms with E-state index in [1.807, 2.05) is 0 Å². The van der Waals surface area contributed by atoms with Crippen LogP contribution in [-0.4, -0.2) is 36.5 Å². The Labute approximate surface area is 118 Å². The molecule has 0 spiro atoms. The number of nitro groups is 1. The Kier molecular flexibility index (Phi) is 5.55. The number of halogens is 1. The van der Waals surface area contributed by atoms with Crippen molar-refractivity contribution in [1.29, 1.82) is 0 Å². The molecule has 0 atom stereocenters. The zero-order valence-electron chi connectivity index (χ0n) is 10.8. The molecule has 0 aromatic heterocycles. The number of carbonyl (C=O) groups excluding carboxylic acids is 2. The quantitative estimate of drug-likeness (QED) is 0.268. The Morgan fingerprint density at radius 3 is 2.67 bits per heavy atom. The van der Waals surface area contributed by atoms with Crippen LogP contribution in [-0.2, 0) is 9.53 Å². The van der Waals surface area contributed by atoms with E-state index in [2.05, 4.69) is 5.32 Å². The van der Waals surface area contributed by atoms with Crippen molar-refractivity contribution >= 4 is 23.2 Å². The fraction of sp³-hybridized carbons (Fsp3) is 0.273. The van der Waals surface area contributed by atoms with Crippen LogP contribution in [0, 0.1) is 15.9 Å². The van der Waals surface area contributed by atoms with Crippen LogP contribution < -0.4 is 16.8 Å². The summed E-state index contributed by atoms with van der Waals surface area (Å²) >= 11 is 0. The van der Waals surface area contributed by atoms with Crippen LogP contribution in [0.5, 0.6) is 0 Å². The van der Waals surface area contributed by atoms with Gasteiger partial charge in [0.15, 0.2) is 5.82 Å². The lowest BCUT2D eigenvalue weighted by molar-refractivity contribution is -0.385. The number of nitrogen functional groups attached to an aromatic ring is 1. The van der Waals surface area contributed by atoms with Crippen molar-refractivity contribution in [2.24, 2.45) is 5.73 Å². The van der Waals surface area contributed by atoms with Crippen LogP contribution in [0.1, 0.15) is 10.4 Å². The number of nitro benzene ring substituents is 1. The zero-order chi connectivity index (χ0) is 16.0. The van der Waals surface area contributed by atoms with Gasteiger partial charge >= 0.3 is 0 Å². The maximum atomic E-state index is 13.2. The molecule has 21 heavy (non-hydrogen) atoms. The molecule has 0 radical (unpaired) electrons. The van der Waals surface area contributed by atoms with Gasteiger partial charge < -0.3 is 21.5 Å². The van der Waals surface area contributed by atoms with Crippen LogP contribution >= 0.6 is 0 Å². The lowest BCUT2D eigenvalue weighted by Gasteiger charge is -2.07. The van der Waals surface area contributed by atoms with E-state index in [0.29, 0.717) is 6.07 Å². The van der Waals surface area contributed by atoms with E-state index in [4.69, 9.17) is 16.2 Å². The molecule has 1 rings (SSSR count). The molecule has 5 N–H and O–H groups in total. The average Bonchev–Trinajstić information content (AvgIpc) is 2.40. The summed E-state index contributed by atoms with van der Waals surface area (Å²) in [5, 5.41) is 13.1. The number of rotatable bonds is 7. The van der Waals surface area contributed by atoms with E-state index in [1.54, 1.807) is 0 Å². The smallest absolute Gasteiger partial charge is 0.285 e. The number of nitrogens with zero attached hydrogens (tertiary/aromatic N) is 1. The third-order valence-corrected chi connectivity index (χ3v) is 2.33. The number of nitrogens with two attached hydrogens (primary N) is 2. The average molecular weight is 300 g/mol. The van der Waals surface area contributed by atoms with Gasteiger partial charge in [-0.2, -0.15) is 0 Å². The SMILES string of the molecule is NC(=O)COCCNC(=O)c1cc(N)c(F)cc1[N+](=O)[O-]. The standard InChI is InChI=1S/C11H13FN4O5/c12-7-4-9(16(19)20)6(3-8(7)13)11(18)15-1-2-21-5-10(14)17/h3-4H,1-2,5,13H2,(H2,14,17)(H,15,18). The monoisotopic (exact) mass is 300 g/mol. The van der Waals surface area contributed by atoms with Gasteiger partial charge in [-0.1, -0.05) is 0 Å². The van der Waals surface area contributed by atoms with Crippen LogP contribution in [0.2, 0.25) is 0 Å². The van der Waals surface area contributed by atoms with Crippen LogP contribution in [0.4, 0.5) is 15.8 Å². The molecule has 0 saturated heterocycles. The number of amides is 2. The van der Waals surface area contributed by atoms with Gasteiger partial charge in [-0.25, -0.2) is 4.39 Å². The third-order valence-electron chi connectivity index (χ3n) is 2.33. The molecule has 9 nitrogen and oxygen atoms in total. The lowest BCUT2D eigenvalue weighted by atomic mass is 10.1. The molecular weight excluding hydrogens is 287 g/mol. The summed E-state index contributed by atoms with van der Waals surface area (Å²) in [7, 11) is 0. The lowest BCUT2D eigenvalue weighted by Crippen LogP contribution is -2.29. The molecule has 1 aromatic rings. The van der Waals surface area contributed by atoms with Gasteiger partial charge in [0.2, 0.25) is 5.91 Å². The summed E-state index contributed by atoms with van der Waals surface area (Å²) in [6.45, 7) is -0.334.